The van der Waals surface area contributed by atoms with Gasteiger partial charge in [0.25, 0.3) is 0 Å². The lowest BCUT2D eigenvalue weighted by Gasteiger charge is -2.23. The molecule has 32 heavy (non-hydrogen) atoms. The minimum absolute atomic E-state index is 0. The molecule has 0 spiro atoms. The summed E-state index contributed by atoms with van der Waals surface area (Å²) in [7, 11) is 0. The van der Waals surface area contributed by atoms with Gasteiger partial charge in [0, 0.05) is 31.4 Å². The molecular formula is C20H25ClF2N4O5. The van der Waals surface area contributed by atoms with Crippen LogP contribution in [-0.4, -0.2) is 52.2 Å². The molecule has 1 unspecified atom stereocenters. The van der Waals surface area contributed by atoms with Crippen molar-refractivity contribution in [3.8, 4) is 0 Å². The molecule has 2 heterocycles. The monoisotopic (exact) mass is 474 g/mol. The van der Waals surface area contributed by atoms with Gasteiger partial charge in [-0.15, -0.1) is 12.4 Å². The van der Waals surface area contributed by atoms with Crippen LogP contribution in [0.25, 0.3) is 10.9 Å². The van der Waals surface area contributed by atoms with Crippen LogP contribution < -0.4 is 21.4 Å². The Balaban J connectivity index is 0.00000181. The second-order valence-corrected chi connectivity index (χ2v) is 7.96. The first-order valence-corrected chi connectivity index (χ1v) is 9.80. The van der Waals surface area contributed by atoms with Crippen LogP contribution in [0.3, 0.4) is 0 Å². The van der Waals surface area contributed by atoms with Crippen LogP contribution in [0, 0.1) is 11.6 Å². The number of carbonyl (C=O) groups is 2. The molecule has 1 amide bonds. The highest BCUT2D eigenvalue weighted by Gasteiger charge is 2.33. The van der Waals surface area contributed by atoms with E-state index in [-0.39, 0.29) is 59.0 Å². The number of hydrogen-bond acceptors (Lipinski definition) is 5. The minimum Gasteiger partial charge on any atom is -0.477 e. The third kappa shape index (κ3) is 4.41. The normalized spacial score (nSPS) is 18.6. The fourth-order valence-corrected chi connectivity index (χ4v) is 3.93. The topological polar surface area (TPSA) is 149 Å². The second kappa shape index (κ2) is 9.39. The number of carbonyl (C=O) groups excluding carboxylic acids is 1. The zero-order valence-corrected chi connectivity index (χ0v) is 18.0. The maximum absolute atomic E-state index is 15.6. The summed E-state index contributed by atoms with van der Waals surface area (Å²) in [5, 5.41) is 11.8. The van der Waals surface area contributed by atoms with Gasteiger partial charge in [0.05, 0.1) is 16.9 Å². The standard InChI is InChI=1S/C20H22F2N4O4.ClH.H2O/c1-9(23)19(28)24-10-4-5-25(7-10)17-14(21)6-12-16(15(17)22)26(11-2-3-11)8-13(18(12)27)20(29)30;;/h6,8-11H,2-5,7,23H2,1H3,(H,24,28)(H,29,30);1H;1H2/t9-,10?;;/m0../s1. The van der Waals surface area contributed by atoms with Crippen molar-refractivity contribution in [3.63, 3.8) is 0 Å². The Morgan fingerprint density at radius 2 is 1.94 bits per heavy atom. The maximum atomic E-state index is 15.6. The van der Waals surface area contributed by atoms with Crippen molar-refractivity contribution in [2.24, 2.45) is 5.73 Å². The molecule has 1 aromatic heterocycles. The lowest BCUT2D eigenvalue weighted by atomic mass is 10.1. The van der Waals surface area contributed by atoms with Gasteiger partial charge in [0.2, 0.25) is 11.3 Å². The summed E-state index contributed by atoms with van der Waals surface area (Å²) in [4.78, 5) is 37.3. The number of rotatable bonds is 5. The van der Waals surface area contributed by atoms with Gasteiger partial charge in [0.1, 0.15) is 17.1 Å². The van der Waals surface area contributed by atoms with Crippen molar-refractivity contribution in [2.45, 2.75) is 44.3 Å². The van der Waals surface area contributed by atoms with Crippen molar-refractivity contribution in [2.75, 3.05) is 18.0 Å². The van der Waals surface area contributed by atoms with E-state index in [1.807, 2.05) is 0 Å². The number of nitrogens with two attached hydrogens (primary N) is 1. The fourth-order valence-electron chi connectivity index (χ4n) is 3.93. The summed E-state index contributed by atoms with van der Waals surface area (Å²) in [6.45, 7) is 2.05. The first kappa shape index (κ1) is 25.5. The van der Waals surface area contributed by atoms with E-state index < -0.39 is 34.6 Å². The number of nitrogens with zero attached hydrogens (tertiary/aromatic N) is 2. The highest BCUT2D eigenvalue weighted by atomic mass is 35.5. The van der Waals surface area contributed by atoms with Crippen LogP contribution in [0.15, 0.2) is 17.1 Å². The van der Waals surface area contributed by atoms with Crippen LogP contribution in [0.4, 0.5) is 14.5 Å². The smallest absolute Gasteiger partial charge is 0.341 e. The third-order valence-electron chi connectivity index (χ3n) is 5.62. The second-order valence-electron chi connectivity index (χ2n) is 7.96. The number of amides is 1. The lowest BCUT2D eigenvalue weighted by Crippen LogP contribution is -2.45. The Morgan fingerprint density at radius 3 is 2.50 bits per heavy atom. The van der Waals surface area contributed by atoms with Crippen molar-refractivity contribution in [3.05, 3.63) is 39.7 Å². The van der Waals surface area contributed by atoms with E-state index in [2.05, 4.69) is 5.32 Å². The van der Waals surface area contributed by atoms with Crippen molar-refractivity contribution < 1.29 is 29.0 Å². The Bertz CT molecular complexity index is 1120. The van der Waals surface area contributed by atoms with E-state index in [1.165, 1.54) is 9.47 Å². The first-order valence-electron chi connectivity index (χ1n) is 9.80. The van der Waals surface area contributed by atoms with Crippen molar-refractivity contribution in [1.82, 2.24) is 9.88 Å². The molecule has 0 radical (unpaired) electrons. The van der Waals surface area contributed by atoms with E-state index in [1.54, 1.807) is 6.92 Å². The molecule has 1 aliphatic heterocycles. The minimum atomic E-state index is -1.44. The van der Waals surface area contributed by atoms with Crippen LogP contribution in [-0.2, 0) is 4.79 Å². The fraction of sp³-hybridized carbons (Fsp3) is 0.450. The molecule has 6 N–H and O–H groups in total. The zero-order chi connectivity index (χ0) is 21.7. The number of aromatic nitrogens is 1. The Hall–Kier alpha value is -2.76. The molecule has 4 rings (SSSR count). The molecule has 1 saturated carbocycles. The summed E-state index contributed by atoms with van der Waals surface area (Å²) >= 11 is 0. The molecule has 1 aromatic carbocycles. The highest BCUT2D eigenvalue weighted by Crippen LogP contribution is 2.40. The van der Waals surface area contributed by atoms with Crippen LogP contribution in [0.2, 0.25) is 0 Å². The number of nitrogens with one attached hydrogen (secondary N) is 1. The molecule has 2 aromatic rings. The number of halogens is 3. The summed E-state index contributed by atoms with van der Waals surface area (Å²) in [5.74, 6) is -3.62. The largest absolute Gasteiger partial charge is 0.477 e. The summed E-state index contributed by atoms with van der Waals surface area (Å²) < 4.78 is 31.9. The van der Waals surface area contributed by atoms with Crippen molar-refractivity contribution >= 4 is 40.9 Å². The van der Waals surface area contributed by atoms with E-state index in [9.17, 15) is 23.9 Å². The number of pyridine rings is 1. The van der Waals surface area contributed by atoms with Gasteiger partial charge < -0.3 is 31.1 Å². The Kier molecular flexibility index (Phi) is 7.48. The van der Waals surface area contributed by atoms with Gasteiger partial charge in [-0.05, 0) is 32.3 Å². The highest BCUT2D eigenvalue weighted by molar-refractivity contribution is 5.94. The SMILES string of the molecule is C[C@H](N)C(=O)NC1CCN(c2c(F)cc3c(=O)c(C(=O)O)cn(C4CC4)c3c2F)C1.Cl.O. The van der Waals surface area contributed by atoms with Gasteiger partial charge in [0.15, 0.2) is 5.82 Å². The first-order chi connectivity index (χ1) is 14.2. The van der Waals surface area contributed by atoms with Gasteiger partial charge in [-0.1, -0.05) is 0 Å². The summed E-state index contributed by atoms with van der Waals surface area (Å²) in [5.41, 5.74) is 3.75. The molecule has 176 valence electrons. The number of benzene rings is 1. The third-order valence-corrected chi connectivity index (χ3v) is 5.62. The number of fused-ring (bicyclic) bond motifs is 1. The summed E-state index contributed by atoms with van der Waals surface area (Å²) in [6.07, 6.45) is 3.07. The summed E-state index contributed by atoms with van der Waals surface area (Å²) in [6, 6.07) is -0.215. The van der Waals surface area contributed by atoms with E-state index in [0.717, 1.165) is 25.1 Å². The zero-order valence-electron chi connectivity index (χ0n) is 17.2. The van der Waals surface area contributed by atoms with E-state index >= 15 is 4.39 Å². The average molecular weight is 475 g/mol. The van der Waals surface area contributed by atoms with Gasteiger partial charge in [-0.25, -0.2) is 13.6 Å². The number of anilines is 1. The molecule has 9 nitrogen and oxygen atoms in total. The van der Waals surface area contributed by atoms with E-state index in [4.69, 9.17) is 5.73 Å². The molecule has 1 saturated heterocycles. The van der Waals surface area contributed by atoms with Crippen LogP contribution in [0.1, 0.15) is 42.6 Å². The number of hydrogen-bond donors (Lipinski definition) is 3. The van der Waals surface area contributed by atoms with E-state index in [0.29, 0.717) is 13.0 Å². The molecular weight excluding hydrogens is 450 g/mol. The average Bonchev–Trinajstić information content (AvgIpc) is 3.42. The molecule has 2 fully saturated rings. The number of carboxylic acids is 1. The van der Waals surface area contributed by atoms with Crippen molar-refractivity contribution in [1.29, 1.82) is 0 Å². The predicted octanol–water partition coefficient (Wildman–Crippen LogP) is 0.952. The Labute approximate surface area is 187 Å². The predicted molar refractivity (Wildman–Crippen MR) is 117 cm³/mol. The quantitative estimate of drug-likeness (QED) is 0.587. The number of aromatic carboxylic acids is 1. The van der Waals surface area contributed by atoms with Gasteiger partial charge in [-0.2, -0.15) is 0 Å². The molecule has 2 aliphatic rings. The molecule has 12 heteroatoms. The lowest BCUT2D eigenvalue weighted by molar-refractivity contribution is -0.122. The van der Waals surface area contributed by atoms with Crippen LogP contribution in [0.5, 0.6) is 0 Å². The molecule has 0 bridgehead atoms. The Morgan fingerprint density at radius 1 is 1.28 bits per heavy atom. The van der Waals surface area contributed by atoms with Gasteiger partial charge >= 0.3 is 5.97 Å². The molecule has 2 atom stereocenters. The van der Waals surface area contributed by atoms with Gasteiger partial charge in [-0.3, -0.25) is 9.59 Å². The van der Waals surface area contributed by atoms with Crippen LogP contribution >= 0.6 is 12.4 Å². The number of carboxylic acid groups (broad SMARTS) is 1. The maximum Gasteiger partial charge on any atom is 0.341 e. The molecule has 1 aliphatic carbocycles.